The summed E-state index contributed by atoms with van der Waals surface area (Å²) in [6.45, 7) is 0.597. The predicted octanol–water partition coefficient (Wildman–Crippen LogP) is 1.73. The van der Waals surface area contributed by atoms with Gasteiger partial charge in [-0.05, 0) is 12.8 Å². The molecule has 0 saturated carbocycles. The number of rotatable bonds is 3. The highest BCUT2D eigenvalue weighted by Crippen LogP contribution is 2.32. The van der Waals surface area contributed by atoms with Crippen LogP contribution in [0.15, 0.2) is 30.3 Å². The Morgan fingerprint density at radius 1 is 1.39 bits per heavy atom. The Morgan fingerprint density at radius 2 is 2.06 bits per heavy atom. The molecule has 1 aliphatic heterocycles. The molecule has 98 valence electrons. The molecule has 2 N–H and O–H groups in total. The first-order valence-corrected chi connectivity index (χ1v) is 6.02. The first-order valence-electron chi connectivity index (χ1n) is 6.02. The summed E-state index contributed by atoms with van der Waals surface area (Å²) in [5, 5.41) is 0. The summed E-state index contributed by atoms with van der Waals surface area (Å²) in [5.74, 6) is -4.61. The molecule has 0 radical (unpaired) electrons. The lowest BCUT2D eigenvalue weighted by atomic mass is 10.1. The lowest BCUT2D eigenvalue weighted by Crippen LogP contribution is -2.46. The van der Waals surface area contributed by atoms with E-state index in [1.165, 1.54) is 29.2 Å². The highest BCUT2D eigenvalue weighted by atomic mass is 19.3. The summed E-state index contributed by atoms with van der Waals surface area (Å²) in [6, 6.07) is 6.92. The second-order valence-electron chi connectivity index (χ2n) is 4.47. The minimum atomic E-state index is -3.47. The zero-order chi connectivity index (χ0) is 13.2. The Morgan fingerprint density at radius 3 is 2.67 bits per heavy atom. The Kier molecular flexibility index (Phi) is 3.61. The Bertz CT molecular complexity index is 422. The zero-order valence-corrected chi connectivity index (χ0v) is 9.98. The van der Waals surface area contributed by atoms with E-state index in [1.54, 1.807) is 6.07 Å². The molecule has 1 fully saturated rings. The van der Waals surface area contributed by atoms with Gasteiger partial charge in [0.25, 0.3) is 5.91 Å². The van der Waals surface area contributed by atoms with Gasteiger partial charge in [-0.3, -0.25) is 4.79 Å². The fourth-order valence-corrected chi connectivity index (χ4v) is 2.30. The van der Waals surface area contributed by atoms with Gasteiger partial charge in [-0.25, -0.2) is 0 Å². The van der Waals surface area contributed by atoms with Crippen molar-refractivity contribution in [2.45, 2.75) is 24.8 Å². The van der Waals surface area contributed by atoms with Gasteiger partial charge in [0, 0.05) is 24.7 Å². The van der Waals surface area contributed by atoms with E-state index < -0.39 is 11.8 Å². The predicted molar refractivity (Wildman–Crippen MR) is 64.1 cm³/mol. The maximum Gasteiger partial charge on any atom is 0.349 e. The average molecular weight is 254 g/mol. The van der Waals surface area contributed by atoms with Gasteiger partial charge in [0.1, 0.15) is 0 Å². The fraction of sp³-hybridized carbons (Fsp3) is 0.462. The lowest BCUT2D eigenvalue weighted by molar-refractivity contribution is -0.159. The van der Waals surface area contributed by atoms with Crippen molar-refractivity contribution < 1.29 is 13.6 Å². The normalized spacial score (nSPS) is 20.2. The van der Waals surface area contributed by atoms with Crippen molar-refractivity contribution in [3.8, 4) is 0 Å². The smallest absolute Gasteiger partial charge is 0.333 e. The lowest BCUT2D eigenvalue weighted by Gasteiger charge is -2.27. The number of alkyl halides is 2. The van der Waals surface area contributed by atoms with Crippen LogP contribution in [0.1, 0.15) is 18.4 Å². The SMILES string of the molecule is NCC1CCCN1C(=O)C(F)(F)c1ccccc1. The topological polar surface area (TPSA) is 46.3 Å². The van der Waals surface area contributed by atoms with Crippen LogP contribution in [0.4, 0.5) is 8.78 Å². The summed E-state index contributed by atoms with van der Waals surface area (Å²) in [6.07, 6.45) is 1.44. The summed E-state index contributed by atoms with van der Waals surface area (Å²) in [4.78, 5) is 13.2. The van der Waals surface area contributed by atoms with E-state index in [0.717, 1.165) is 6.42 Å². The third-order valence-corrected chi connectivity index (χ3v) is 3.32. The number of hydrogen-bond donors (Lipinski definition) is 1. The van der Waals surface area contributed by atoms with E-state index in [4.69, 9.17) is 5.73 Å². The van der Waals surface area contributed by atoms with Crippen molar-refractivity contribution >= 4 is 5.91 Å². The van der Waals surface area contributed by atoms with E-state index in [9.17, 15) is 13.6 Å². The Hall–Kier alpha value is -1.49. The number of halogens is 2. The average Bonchev–Trinajstić information content (AvgIpc) is 2.87. The molecule has 2 rings (SSSR count). The second kappa shape index (κ2) is 5.02. The molecule has 1 aliphatic rings. The molecule has 18 heavy (non-hydrogen) atoms. The van der Waals surface area contributed by atoms with Crippen LogP contribution in [0.2, 0.25) is 0 Å². The van der Waals surface area contributed by atoms with Gasteiger partial charge in [-0.2, -0.15) is 8.78 Å². The fourth-order valence-electron chi connectivity index (χ4n) is 2.30. The van der Waals surface area contributed by atoms with Crippen LogP contribution < -0.4 is 5.73 Å². The van der Waals surface area contributed by atoms with Crippen LogP contribution >= 0.6 is 0 Å². The molecule has 3 nitrogen and oxygen atoms in total. The minimum absolute atomic E-state index is 0.233. The molecule has 0 spiro atoms. The number of carbonyl (C=O) groups is 1. The number of amides is 1. The molecule has 0 bridgehead atoms. The number of hydrogen-bond acceptors (Lipinski definition) is 2. The number of nitrogens with two attached hydrogens (primary N) is 1. The molecule has 1 saturated heterocycles. The summed E-state index contributed by atoms with van der Waals surface area (Å²) in [7, 11) is 0. The van der Waals surface area contributed by atoms with Crippen molar-refractivity contribution in [1.82, 2.24) is 4.90 Å². The van der Waals surface area contributed by atoms with Gasteiger partial charge in [-0.15, -0.1) is 0 Å². The third-order valence-electron chi connectivity index (χ3n) is 3.32. The number of nitrogens with zero attached hydrogens (tertiary/aromatic N) is 1. The quantitative estimate of drug-likeness (QED) is 0.893. The number of carbonyl (C=O) groups excluding carboxylic acids is 1. The van der Waals surface area contributed by atoms with Crippen LogP contribution in [0, 0.1) is 0 Å². The Balaban J connectivity index is 2.22. The van der Waals surface area contributed by atoms with E-state index >= 15 is 0 Å². The van der Waals surface area contributed by atoms with E-state index in [-0.39, 0.29) is 18.2 Å². The van der Waals surface area contributed by atoms with E-state index in [2.05, 4.69) is 0 Å². The van der Waals surface area contributed by atoms with Crippen molar-refractivity contribution in [3.05, 3.63) is 35.9 Å². The highest BCUT2D eigenvalue weighted by molar-refractivity contribution is 5.85. The van der Waals surface area contributed by atoms with Crippen molar-refractivity contribution in [1.29, 1.82) is 0 Å². The summed E-state index contributed by atoms with van der Waals surface area (Å²) in [5.41, 5.74) is 5.24. The van der Waals surface area contributed by atoms with Gasteiger partial charge in [0.05, 0.1) is 0 Å². The van der Waals surface area contributed by atoms with Crippen LogP contribution in [0.5, 0.6) is 0 Å². The van der Waals surface area contributed by atoms with Crippen LogP contribution in [-0.2, 0) is 10.7 Å². The summed E-state index contributed by atoms with van der Waals surface area (Å²) >= 11 is 0. The maximum absolute atomic E-state index is 14.1. The summed E-state index contributed by atoms with van der Waals surface area (Å²) < 4.78 is 28.2. The molecule has 1 heterocycles. The van der Waals surface area contributed by atoms with Crippen LogP contribution in [-0.4, -0.2) is 29.9 Å². The van der Waals surface area contributed by atoms with Gasteiger partial charge in [0.2, 0.25) is 0 Å². The molecule has 1 amide bonds. The molecule has 0 aliphatic carbocycles. The standard InChI is InChI=1S/C13H16F2N2O/c14-13(15,10-5-2-1-3-6-10)12(18)17-8-4-7-11(17)9-16/h1-3,5-6,11H,4,7-9,16H2. The van der Waals surface area contributed by atoms with Gasteiger partial charge in [-0.1, -0.05) is 30.3 Å². The first-order chi connectivity index (χ1) is 8.57. The monoisotopic (exact) mass is 254 g/mol. The van der Waals surface area contributed by atoms with Gasteiger partial charge >= 0.3 is 5.92 Å². The highest BCUT2D eigenvalue weighted by Gasteiger charge is 2.46. The van der Waals surface area contributed by atoms with Crippen LogP contribution in [0.25, 0.3) is 0 Å². The molecular weight excluding hydrogens is 238 g/mol. The molecule has 1 atom stereocenters. The molecular formula is C13H16F2N2O. The van der Waals surface area contributed by atoms with Crippen molar-refractivity contribution in [2.24, 2.45) is 5.73 Å². The van der Waals surface area contributed by atoms with Crippen molar-refractivity contribution in [3.63, 3.8) is 0 Å². The molecule has 1 aromatic carbocycles. The second-order valence-corrected chi connectivity index (χ2v) is 4.47. The Labute approximate surface area is 105 Å². The first kappa shape index (κ1) is 13.0. The van der Waals surface area contributed by atoms with E-state index in [0.29, 0.717) is 13.0 Å². The molecule has 5 heteroatoms. The third kappa shape index (κ3) is 2.22. The minimum Gasteiger partial charge on any atom is -0.333 e. The zero-order valence-electron chi connectivity index (χ0n) is 9.98. The van der Waals surface area contributed by atoms with Gasteiger partial charge in [0.15, 0.2) is 0 Å². The van der Waals surface area contributed by atoms with E-state index in [1.807, 2.05) is 0 Å². The largest absolute Gasteiger partial charge is 0.349 e. The van der Waals surface area contributed by atoms with Crippen LogP contribution in [0.3, 0.4) is 0 Å². The van der Waals surface area contributed by atoms with Gasteiger partial charge < -0.3 is 10.6 Å². The van der Waals surface area contributed by atoms with Crippen molar-refractivity contribution in [2.75, 3.05) is 13.1 Å². The molecule has 1 aromatic rings. The molecule has 1 unspecified atom stereocenters. The maximum atomic E-state index is 14.1. The number of likely N-dealkylation sites (tertiary alicyclic amines) is 1. The number of benzene rings is 1. The molecule has 0 aromatic heterocycles.